The normalized spacial score (nSPS) is 11.1. The molecule has 0 saturated carbocycles. The average Bonchev–Trinajstić information content (AvgIpc) is 2.81. The monoisotopic (exact) mass is 280 g/mol. The molecular formula is C14H20N2O2S. The first kappa shape index (κ1) is 15.7. The third-order valence-electron chi connectivity index (χ3n) is 3.07. The highest BCUT2D eigenvalue weighted by Crippen LogP contribution is 2.16. The van der Waals surface area contributed by atoms with Gasteiger partial charge in [-0.05, 0) is 39.4 Å². The Morgan fingerprint density at radius 3 is 2.79 bits per heavy atom. The molecule has 19 heavy (non-hydrogen) atoms. The summed E-state index contributed by atoms with van der Waals surface area (Å²) in [5.41, 5.74) is 0.559. The molecule has 0 fully saturated rings. The van der Waals surface area contributed by atoms with Crippen molar-refractivity contribution >= 4 is 17.2 Å². The Kier molecular flexibility index (Phi) is 5.55. The third-order valence-corrected chi connectivity index (χ3v) is 3.98. The third kappa shape index (κ3) is 4.35. The van der Waals surface area contributed by atoms with Gasteiger partial charge < -0.3 is 15.3 Å². The maximum atomic E-state index is 12.1. The van der Waals surface area contributed by atoms with Gasteiger partial charge in [0.1, 0.15) is 11.5 Å². The van der Waals surface area contributed by atoms with Gasteiger partial charge in [-0.2, -0.15) is 0 Å². The summed E-state index contributed by atoms with van der Waals surface area (Å²) in [6, 6.07) is 1.79. The molecule has 1 amide bonds. The van der Waals surface area contributed by atoms with Crippen LogP contribution in [0.5, 0.6) is 0 Å². The second-order valence-corrected chi connectivity index (χ2v) is 5.93. The van der Waals surface area contributed by atoms with Gasteiger partial charge in [-0.3, -0.25) is 4.79 Å². The zero-order chi connectivity index (χ0) is 14.5. The Bertz CT molecular complexity index is 495. The Morgan fingerprint density at radius 1 is 1.53 bits per heavy atom. The van der Waals surface area contributed by atoms with Gasteiger partial charge in [0.25, 0.3) is 5.91 Å². The molecule has 0 aliphatic rings. The summed E-state index contributed by atoms with van der Waals surface area (Å²) in [7, 11) is 3.96. The molecule has 0 unspecified atom stereocenters. The highest BCUT2D eigenvalue weighted by molar-refractivity contribution is 7.12. The van der Waals surface area contributed by atoms with Crippen LogP contribution >= 0.6 is 11.3 Å². The Labute approximate surface area is 118 Å². The number of rotatable bonds is 4. The van der Waals surface area contributed by atoms with Crippen LogP contribution in [-0.4, -0.2) is 48.7 Å². The lowest BCUT2D eigenvalue weighted by Gasteiger charge is -2.32. The highest BCUT2D eigenvalue weighted by atomic mass is 32.1. The molecule has 2 N–H and O–H groups in total. The number of hydrogen-bond acceptors (Lipinski definition) is 4. The summed E-state index contributed by atoms with van der Waals surface area (Å²) in [6.07, 6.45) is 0. The van der Waals surface area contributed by atoms with Gasteiger partial charge in [0.15, 0.2) is 0 Å². The van der Waals surface area contributed by atoms with Crippen molar-refractivity contribution in [3.63, 3.8) is 0 Å². The number of carbonyl (C=O) groups is 1. The van der Waals surface area contributed by atoms with E-state index in [1.807, 2.05) is 19.5 Å². The van der Waals surface area contributed by atoms with Gasteiger partial charge in [0.2, 0.25) is 0 Å². The predicted octanol–water partition coefficient (Wildman–Crippen LogP) is 1.16. The Hall–Kier alpha value is -1.35. The fourth-order valence-electron chi connectivity index (χ4n) is 1.25. The molecule has 1 rings (SSSR count). The molecule has 4 nitrogen and oxygen atoms in total. The van der Waals surface area contributed by atoms with Crippen LogP contribution in [0.4, 0.5) is 0 Å². The lowest BCUT2D eigenvalue weighted by molar-refractivity contribution is 0.0923. The van der Waals surface area contributed by atoms with Gasteiger partial charge in [0.05, 0.1) is 0 Å². The maximum absolute atomic E-state index is 12.1. The van der Waals surface area contributed by atoms with Gasteiger partial charge in [0, 0.05) is 17.6 Å². The van der Waals surface area contributed by atoms with E-state index in [-0.39, 0.29) is 18.1 Å². The molecule has 0 saturated heterocycles. The molecule has 0 radical (unpaired) electrons. The summed E-state index contributed by atoms with van der Waals surface area (Å²) in [6.45, 7) is 4.48. The minimum Gasteiger partial charge on any atom is -0.384 e. The largest absolute Gasteiger partial charge is 0.384 e. The van der Waals surface area contributed by atoms with Crippen molar-refractivity contribution in [1.29, 1.82) is 0 Å². The van der Waals surface area contributed by atoms with E-state index >= 15 is 0 Å². The van der Waals surface area contributed by atoms with Crippen LogP contribution in [0.1, 0.15) is 29.1 Å². The number of likely N-dealkylation sites (N-methyl/N-ethyl adjacent to an activating group) is 1. The molecule has 0 aromatic carbocycles. The van der Waals surface area contributed by atoms with Crippen molar-refractivity contribution in [3.8, 4) is 11.8 Å². The molecule has 0 bridgehead atoms. The van der Waals surface area contributed by atoms with Crippen molar-refractivity contribution in [3.05, 3.63) is 21.9 Å². The first-order valence-electron chi connectivity index (χ1n) is 6.01. The quantitative estimate of drug-likeness (QED) is 0.814. The van der Waals surface area contributed by atoms with Crippen LogP contribution in [0.25, 0.3) is 0 Å². The van der Waals surface area contributed by atoms with E-state index in [9.17, 15) is 4.79 Å². The summed E-state index contributed by atoms with van der Waals surface area (Å²) in [5.74, 6) is 5.23. The zero-order valence-electron chi connectivity index (χ0n) is 11.8. The zero-order valence-corrected chi connectivity index (χ0v) is 12.6. The molecule has 1 aromatic rings. The van der Waals surface area contributed by atoms with Gasteiger partial charge in [-0.25, -0.2) is 0 Å². The number of aliphatic hydroxyl groups is 1. The summed E-state index contributed by atoms with van der Waals surface area (Å²) in [5, 5.41) is 13.4. The molecule has 104 valence electrons. The van der Waals surface area contributed by atoms with Crippen molar-refractivity contribution < 1.29 is 9.90 Å². The van der Waals surface area contributed by atoms with E-state index in [1.165, 1.54) is 11.3 Å². The van der Waals surface area contributed by atoms with E-state index in [0.29, 0.717) is 17.0 Å². The lowest BCUT2D eigenvalue weighted by Crippen LogP contribution is -2.48. The number of amides is 1. The fraction of sp³-hybridized carbons (Fsp3) is 0.500. The predicted molar refractivity (Wildman–Crippen MR) is 78.4 cm³/mol. The molecule has 5 heteroatoms. The minimum atomic E-state index is -0.204. The number of hydrogen-bond donors (Lipinski definition) is 2. The van der Waals surface area contributed by atoms with Gasteiger partial charge in [-0.1, -0.05) is 11.8 Å². The molecule has 1 aromatic heterocycles. The molecule has 0 atom stereocenters. The van der Waals surface area contributed by atoms with Crippen molar-refractivity contribution in [1.82, 2.24) is 10.2 Å². The number of nitrogens with one attached hydrogen (secondary N) is 1. The number of nitrogens with zero attached hydrogens (tertiary/aromatic N) is 1. The average molecular weight is 280 g/mol. The first-order chi connectivity index (χ1) is 8.88. The van der Waals surface area contributed by atoms with E-state index in [1.54, 1.807) is 6.07 Å². The van der Waals surface area contributed by atoms with Crippen LogP contribution in [-0.2, 0) is 0 Å². The summed E-state index contributed by atoms with van der Waals surface area (Å²) >= 11 is 1.36. The molecular weight excluding hydrogens is 260 g/mol. The van der Waals surface area contributed by atoms with E-state index in [0.717, 1.165) is 0 Å². The maximum Gasteiger partial charge on any atom is 0.262 e. The van der Waals surface area contributed by atoms with Gasteiger partial charge >= 0.3 is 0 Å². The second-order valence-electron chi connectivity index (χ2n) is 5.01. The SMILES string of the molecule is CN(C)C(C)(C)CNC(=O)c1sccc1C#CCO. The summed E-state index contributed by atoms with van der Waals surface area (Å²) in [4.78, 5) is 14.8. The number of aliphatic hydroxyl groups excluding tert-OH is 1. The molecule has 1 heterocycles. The van der Waals surface area contributed by atoms with E-state index < -0.39 is 0 Å². The lowest BCUT2D eigenvalue weighted by atomic mass is 10.0. The minimum absolute atomic E-state index is 0.107. The van der Waals surface area contributed by atoms with Crippen LogP contribution in [0.3, 0.4) is 0 Å². The first-order valence-corrected chi connectivity index (χ1v) is 6.89. The van der Waals surface area contributed by atoms with Gasteiger partial charge in [-0.15, -0.1) is 11.3 Å². The smallest absolute Gasteiger partial charge is 0.262 e. The Morgan fingerprint density at radius 2 is 2.21 bits per heavy atom. The van der Waals surface area contributed by atoms with Crippen molar-refractivity contribution in [2.24, 2.45) is 0 Å². The van der Waals surface area contributed by atoms with Crippen LogP contribution in [0.15, 0.2) is 11.4 Å². The van der Waals surface area contributed by atoms with Crippen LogP contribution in [0, 0.1) is 11.8 Å². The van der Waals surface area contributed by atoms with E-state index in [4.69, 9.17) is 5.11 Å². The second kappa shape index (κ2) is 6.71. The van der Waals surface area contributed by atoms with Crippen LogP contribution < -0.4 is 5.32 Å². The summed E-state index contributed by atoms with van der Waals surface area (Å²) < 4.78 is 0. The highest BCUT2D eigenvalue weighted by Gasteiger charge is 2.22. The molecule has 0 aliphatic carbocycles. The molecule has 0 spiro atoms. The standard InChI is InChI=1S/C14H20N2O2S/c1-14(2,16(3)4)10-15-13(18)12-11(6-5-8-17)7-9-19-12/h7,9,17H,8,10H2,1-4H3,(H,15,18). The number of carbonyl (C=O) groups excluding carboxylic acids is 1. The van der Waals surface area contributed by atoms with E-state index in [2.05, 4.69) is 35.9 Å². The van der Waals surface area contributed by atoms with Crippen LogP contribution in [0.2, 0.25) is 0 Å². The van der Waals surface area contributed by atoms with Crippen molar-refractivity contribution in [2.75, 3.05) is 27.2 Å². The topological polar surface area (TPSA) is 52.6 Å². The fourth-order valence-corrected chi connectivity index (χ4v) is 2.02. The number of thiophene rings is 1. The Balaban J connectivity index is 2.72. The molecule has 0 aliphatic heterocycles. The van der Waals surface area contributed by atoms with Crippen molar-refractivity contribution in [2.45, 2.75) is 19.4 Å².